The molecule has 0 aromatic rings. The van der Waals surface area contributed by atoms with E-state index in [-0.39, 0.29) is 11.8 Å². The van der Waals surface area contributed by atoms with E-state index in [2.05, 4.69) is 38.3 Å². The van der Waals surface area contributed by atoms with Crippen LogP contribution in [0.3, 0.4) is 0 Å². The van der Waals surface area contributed by atoms with E-state index in [0.29, 0.717) is 46.8 Å². The van der Waals surface area contributed by atoms with Gasteiger partial charge < -0.3 is 20.1 Å². The summed E-state index contributed by atoms with van der Waals surface area (Å²) >= 11 is 0. The number of amides is 2. The molecule has 2 amide bonds. The van der Waals surface area contributed by atoms with Crippen LogP contribution in [-0.4, -0.2) is 36.6 Å². The first kappa shape index (κ1) is 27.0. The number of fused-ring (bicyclic) bond motifs is 7. The first-order valence-corrected chi connectivity index (χ1v) is 17.1. The molecule has 5 heteroatoms. The van der Waals surface area contributed by atoms with Gasteiger partial charge in [0.2, 0.25) is 0 Å². The molecule has 7 aliphatic rings. The quantitative estimate of drug-likeness (QED) is 0.383. The van der Waals surface area contributed by atoms with Crippen molar-refractivity contribution >= 4 is 6.03 Å². The molecule has 2 N–H and O–H groups in total. The Morgan fingerprint density at radius 2 is 1.54 bits per heavy atom. The highest BCUT2D eigenvalue weighted by Gasteiger charge is 2.69. The Balaban J connectivity index is 1.00. The van der Waals surface area contributed by atoms with E-state index < -0.39 is 0 Å². The van der Waals surface area contributed by atoms with Crippen LogP contribution in [0.2, 0.25) is 0 Å². The fraction of sp³-hybridized carbons (Fsp3) is 0.971. The molecule has 0 bridgehead atoms. The minimum Gasteiger partial charge on any atom is -0.349 e. The third-order valence-corrected chi connectivity index (χ3v) is 14.2. The number of urea groups is 1. The highest BCUT2D eigenvalue weighted by Crippen LogP contribution is 2.71. The van der Waals surface area contributed by atoms with Gasteiger partial charge in [-0.25, -0.2) is 4.79 Å². The van der Waals surface area contributed by atoms with Gasteiger partial charge >= 0.3 is 6.03 Å². The van der Waals surface area contributed by atoms with Crippen LogP contribution >= 0.6 is 0 Å². The van der Waals surface area contributed by atoms with Crippen LogP contribution in [0.25, 0.3) is 0 Å². The molecule has 0 aromatic heterocycles. The molecule has 7 fully saturated rings. The van der Waals surface area contributed by atoms with Gasteiger partial charge in [0.05, 0.1) is 12.7 Å². The second-order valence-corrected chi connectivity index (χ2v) is 16.1. The van der Waals surface area contributed by atoms with Crippen molar-refractivity contribution in [2.24, 2.45) is 52.3 Å². The van der Waals surface area contributed by atoms with Crippen molar-refractivity contribution in [2.75, 3.05) is 6.61 Å². The van der Waals surface area contributed by atoms with Gasteiger partial charge in [0, 0.05) is 24.4 Å². The zero-order valence-corrected chi connectivity index (χ0v) is 25.3. The van der Waals surface area contributed by atoms with Crippen LogP contribution < -0.4 is 10.6 Å². The predicted molar refractivity (Wildman–Crippen MR) is 154 cm³/mol. The van der Waals surface area contributed by atoms with E-state index in [4.69, 9.17) is 9.47 Å². The smallest absolute Gasteiger partial charge is 0.315 e. The fourth-order valence-electron chi connectivity index (χ4n) is 12.1. The molecule has 5 saturated carbocycles. The lowest BCUT2D eigenvalue weighted by Crippen LogP contribution is -2.57. The first-order chi connectivity index (χ1) is 18.7. The van der Waals surface area contributed by atoms with Crippen LogP contribution in [0.15, 0.2) is 0 Å². The minimum absolute atomic E-state index is 0.0958. The fourth-order valence-corrected chi connectivity index (χ4v) is 12.1. The lowest BCUT2D eigenvalue weighted by atomic mass is 9.44. The minimum atomic E-state index is -0.301. The lowest BCUT2D eigenvalue weighted by molar-refractivity contribution is -0.273. The van der Waals surface area contributed by atoms with Gasteiger partial charge in [-0.15, -0.1) is 0 Å². The summed E-state index contributed by atoms with van der Waals surface area (Å²) < 4.78 is 13.5. The molecule has 1 spiro atoms. The standard InChI is InChI=1S/C34H56N2O3/c1-21-12-17-34(38-20-21)22(2)30-29(39-34)19-28-26-11-10-23-18-25(36-31(37)35-24-8-6-5-7-9-24)13-15-32(23,3)27(26)14-16-33(28,30)4/h21-30H,5-20H2,1-4H3,(H2,35,36,37)/t21-,22-,23+,25-,26+,27?,28?,29-,30-,32-,33-,34+/m0/s1. The van der Waals surface area contributed by atoms with Gasteiger partial charge in [0.1, 0.15) is 0 Å². The number of hydrogen-bond donors (Lipinski definition) is 2. The molecule has 220 valence electrons. The summed E-state index contributed by atoms with van der Waals surface area (Å²) in [6.07, 6.45) is 19.3. The number of carbonyl (C=O) groups is 1. The molecule has 5 nitrogen and oxygen atoms in total. The van der Waals surface area contributed by atoms with E-state index in [1.165, 1.54) is 70.6 Å². The Hall–Kier alpha value is -0.810. The number of hydrogen-bond acceptors (Lipinski definition) is 3. The SMILES string of the molecule is C[C@H]1CC[C@@]2(OC1)O[C@H]1CC3[C@@H]4CC[C@@H]5C[C@@H](NC(=O)NC6CCCCC6)CC[C@]5(C)C4CC[C@]3(C)[C@H]1[C@@H]2C. The number of rotatable bonds is 2. The Labute approximate surface area is 237 Å². The molecule has 2 aliphatic heterocycles. The maximum absolute atomic E-state index is 12.8. The zero-order valence-electron chi connectivity index (χ0n) is 25.3. The summed E-state index contributed by atoms with van der Waals surface area (Å²) in [5.74, 6) is 4.80. The molecular weight excluding hydrogens is 484 g/mol. The number of nitrogens with one attached hydrogen (secondary N) is 2. The lowest BCUT2D eigenvalue weighted by Gasteiger charge is -2.61. The van der Waals surface area contributed by atoms with Crippen LogP contribution in [0.5, 0.6) is 0 Å². The average molecular weight is 541 g/mol. The van der Waals surface area contributed by atoms with Crippen molar-refractivity contribution in [1.29, 1.82) is 0 Å². The van der Waals surface area contributed by atoms with E-state index in [9.17, 15) is 4.79 Å². The van der Waals surface area contributed by atoms with Crippen molar-refractivity contribution in [3.05, 3.63) is 0 Å². The Morgan fingerprint density at radius 3 is 2.31 bits per heavy atom. The second kappa shape index (κ2) is 9.89. The second-order valence-electron chi connectivity index (χ2n) is 16.1. The summed E-state index contributed by atoms with van der Waals surface area (Å²) in [5, 5.41) is 6.71. The van der Waals surface area contributed by atoms with E-state index in [0.717, 1.165) is 56.0 Å². The summed E-state index contributed by atoms with van der Waals surface area (Å²) in [6, 6.07) is 0.838. The molecule has 2 unspecified atom stereocenters. The van der Waals surface area contributed by atoms with Crippen molar-refractivity contribution in [3.63, 3.8) is 0 Å². The van der Waals surface area contributed by atoms with E-state index in [1.54, 1.807) is 0 Å². The zero-order chi connectivity index (χ0) is 27.0. The third-order valence-electron chi connectivity index (χ3n) is 14.2. The van der Waals surface area contributed by atoms with E-state index >= 15 is 0 Å². The summed E-state index contributed by atoms with van der Waals surface area (Å²) in [5.41, 5.74) is 0.844. The predicted octanol–water partition coefficient (Wildman–Crippen LogP) is 7.43. The Kier molecular flexibility index (Phi) is 6.86. The normalized spacial score (nSPS) is 53.4. The maximum Gasteiger partial charge on any atom is 0.315 e. The molecular formula is C34H56N2O3. The van der Waals surface area contributed by atoms with Crippen LogP contribution in [0.1, 0.15) is 124 Å². The van der Waals surface area contributed by atoms with Crippen LogP contribution in [-0.2, 0) is 9.47 Å². The van der Waals surface area contributed by atoms with Gasteiger partial charge in [-0.2, -0.15) is 0 Å². The molecule has 7 rings (SSSR count). The molecule has 5 aliphatic carbocycles. The maximum atomic E-state index is 12.8. The topological polar surface area (TPSA) is 59.6 Å². The molecule has 39 heavy (non-hydrogen) atoms. The monoisotopic (exact) mass is 540 g/mol. The number of carbonyl (C=O) groups excluding carboxylic acids is 1. The van der Waals surface area contributed by atoms with Gasteiger partial charge in [-0.1, -0.05) is 47.0 Å². The Morgan fingerprint density at radius 1 is 0.769 bits per heavy atom. The first-order valence-electron chi connectivity index (χ1n) is 17.1. The third kappa shape index (κ3) is 4.33. The molecule has 2 saturated heterocycles. The number of ether oxygens (including phenoxy) is 2. The van der Waals surface area contributed by atoms with Crippen LogP contribution in [0, 0.1) is 52.3 Å². The molecule has 0 aromatic carbocycles. The highest BCUT2D eigenvalue weighted by molar-refractivity contribution is 5.74. The highest BCUT2D eigenvalue weighted by atomic mass is 16.7. The average Bonchev–Trinajstić information content (AvgIpc) is 3.36. The van der Waals surface area contributed by atoms with Gasteiger partial charge in [-0.3, -0.25) is 0 Å². The van der Waals surface area contributed by atoms with Crippen molar-refractivity contribution in [3.8, 4) is 0 Å². The molecule has 2 heterocycles. The van der Waals surface area contributed by atoms with E-state index in [1.807, 2.05) is 0 Å². The van der Waals surface area contributed by atoms with Gasteiger partial charge in [0.15, 0.2) is 5.79 Å². The molecule has 12 atom stereocenters. The van der Waals surface area contributed by atoms with Crippen LogP contribution in [0.4, 0.5) is 4.79 Å². The van der Waals surface area contributed by atoms with Crippen molar-refractivity contribution < 1.29 is 14.3 Å². The summed E-state index contributed by atoms with van der Waals surface area (Å²) in [4.78, 5) is 12.8. The largest absolute Gasteiger partial charge is 0.349 e. The molecule has 0 radical (unpaired) electrons. The van der Waals surface area contributed by atoms with Gasteiger partial charge in [0.25, 0.3) is 0 Å². The summed E-state index contributed by atoms with van der Waals surface area (Å²) in [7, 11) is 0. The van der Waals surface area contributed by atoms with Crippen molar-refractivity contribution in [2.45, 2.75) is 148 Å². The Bertz CT molecular complexity index is 925. The van der Waals surface area contributed by atoms with Crippen molar-refractivity contribution in [1.82, 2.24) is 10.6 Å². The van der Waals surface area contributed by atoms with Gasteiger partial charge in [-0.05, 0) is 117 Å². The summed E-state index contributed by atoms with van der Waals surface area (Å²) in [6.45, 7) is 11.0.